The Hall–Kier alpha value is -1.48. The third-order valence-electron chi connectivity index (χ3n) is 2.85. The van der Waals surface area contributed by atoms with Crippen molar-refractivity contribution in [3.8, 4) is 0 Å². The summed E-state index contributed by atoms with van der Waals surface area (Å²) < 4.78 is 16.1. The molecule has 0 bridgehead atoms. The summed E-state index contributed by atoms with van der Waals surface area (Å²) in [6.45, 7) is 8.74. The van der Waals surface area contributed by atoms with Crippen LogP contribution in [0, 0.1) is 0 Å². The van der Waals surface area contributed by atoms with Crippen molar-refractivity contribution in [1.82, 2.24) is 0 Å². The summed E-state index contributed by atoms with van der Waals surface area (Å²) in [7, 11) is 5.02. The molecule has 0 unspecified atom stereocenters. The van der Waals surface area contributed by atoms with Gasteiger partial charge in [-0.25, -0.2) is 0 Å². The fourth-order valence-electron chi connectivity index (χ4n) is 1.64. The van der Waals surface area contributed by atoms with Crippen LogP contribution >= 0.6 is 0 Å². The van der Waals surface area contributed by atoms with Crippen LogP contribution in [-0.4, -0.2) is 27.9 Å². The van der Waals surface area contributed by atoms with E-state index in [1.165, 1.54) is 5.57 Å². The quantitative estimate of drug-likeness (QED) is 0.487. The predicted octanol–water partition coefficient (Wildman–Crippen LogP) is 4.39. The van der Waals surface area contributed by atoms with Gasteiger partial charge >= 0.3 is 0 Å². The molecule has 0 aliphatic heterocycles. The monoisotopic (exact) mass is 280 g/mol. The van der Waals surface area contributed by atoms with Crippen molar-refractivity contribution in [2.75, 3.05) is 27.9 Å². The van der Waals surface area contributed by atoms with E-state index >= 15 is 0 Å². The Morgan fingerprint density at radius 1 is 0.950 bits per heavy atom. The molecular weight excluding hydrogens is 252 g/mol. The van der Waals surface area contributed by atoms with E-state index in [0.29, 0.717) is 6.61 Å². The normalized spacial score (nSPS) is 13.8. The van der Waals surface area contributed by atoms with Crippen molar-refractivity contribution in [3.63, 3.8) is 0 Å². The van der Waals surface area contributed by atoms with Gasteiger partial charge in [-0.2, -0.15) is 0 Å². The molecule has 0 rings (SSSR count). The van der Waals surface area contributed by atoms with Crippen LogP contribution in [-0.2, 0) is 14.2 Å². The van der Waals surface area contributed by atoms with E-state index < -0.39 is 0 Å². The van der Waals surface area contributed by atoms with Crippen molar-refractivity contribution in [1.29, 1.82) is 0 Å². The Labute approximate surface area is 123 Å². The molecule has 20 heavy (non-hydrogen) atoms. The third-order valence-corrected chi connectivity index (χ3v) is 2.85. The van der Waals surface area contributed by atoms with Gasteiger partial charge in [-0.3, -0.25) is 0 Å². The van der Waals surface area contributed by atoms with Crippen molar-refractivity contribution in [3.05, 3.63) is 46.5 Å². The second-order valence-electron chi connectivity index (χ2n) is 4.74. The number of allylic oxidation sites excluding steroid dienone is 5. The summed E-state index contributed by atoms with van der Waals surface area (Å²) in [5.74, 6) is 1.66. The van der Waals surface area contributed by atoms with E-state index in [1.807, 2.05) is 13.0 Å². The van der Waals surface area contributed by atoms with Crippen LogP contribution in [0.1, 0.15) is 34.1 Å². The number of methoxy groups -OCH3 is 3. The molecule has 3 nitrogen and oxygen atoms in total. The van der Waals surface area contributed by atoms with E-state index in [2.05, 4.69) is 32.9 Å². The first-order chi connectivity index (χ1) is 9.49. The van der Waals surface area contributed by atoms with Crippen LogP contribution in [0.15, 0.2) is 46.5 Å². The largest absolute Gasteiger partial charge is 0.501 e. The van der Waals surface area contributed by atoms with Gasteiger partial charge in [-0.05, 0) is 26.3 Å². The first-order valence-electron chi connectivity index (χ1n) is 6.82. The Bertz CT molecular complexity index is 402. The van der Waals surface area contributed by atoms with E-state index in [-0.39, 0.29) is 0 Å². The number of hydrogen-bond donors (Lipinski definition) is 0. The van der Waals surface area contributed by atoms with Crippen molar-refractivity contribution < 1.29 is 14.2 Å². The molecule has 0 aromatic carbocycles. The summed E-state index contributed by atoms with van der Waals surface area (Å²) in [4.78, 5) is 0. The zero-order valence-corrected chi connectivity index (χ0v) is 13.9. The van der Waals surface area contributed by atoms with Crippen LogP contribution in [0.4, 0.5) is 0 Å². The highest BCUT2D eigenvalue weighted by Gasteiger charge is 2.09. The minimum absolute atomic E-state index is 0.499. The highest BCUT2D eigenvalue weighted by atomic mass is 16.5. The smallest absolute Gasteiger partial charge is 0.127 e. The molecule has 0 N–H and O–H groups in total. The molecule has 0 saturated heterocycles. The molecule has 0 fully saturated rings. The number of ether oxygens (including phenoxy) is 3. The Kier molecular flexibility index (Phi) is 9.56. The lowest BCUT2D eigenvalue weighted by Crippen LogP contribution is -2.03. The minimum Gasteiger partial charge on any atom is -0.501 e. The minimum atomic E-state index is 0.499. The second kappa shape index (κ2) is 10.3. The van der Waals surface area contributed by atoms with Gasteiger partial charge in [0.15, 0.2) is 0 Å². The molecule has 0 aromatic heterocycles. The molecule has 114 valence electrons. The average molecular weight is 280 g/mol. The molecule has 0 aliphatic carbocycles. The van der Waals surface area contributed by atoms with Crippen LogP contribution in [0.5, 0.6) is 0 Å². The number of rotatable bonds is 8. The lowest BCUT2D eigenvalue weighted by atomic mass is 10.1. The van der Waals surface area contributed by atoms with Crippen LogP contribution in [0.25, 0.3) is 0 Å². The summed E-state index contributed by atoms with van der Waals surface area (Å²) >= 11 is 0. The molecule has 0 atom stereocenters. The third kappa shape index (κ3) is 6.62. The predicted molar refractivity (Wildman–Crippen MR) is 84.5 cm³/mol. The van der Waals surface area contributed by atoms with Crippen molar-refractivity contribution >= 4 is 0 Å². The zero-order chi connectivity index (χ0) is 15.5. The Morgan fingerprint density at radius 3 is 2.00 bits per heavy atom. The highest BCUT2D eigenvalue weighted by Crippen LogP contribution is 2.19. The molecule has 0 saturated carbocycles. The zero-order valence-electron chi connectivity index (χ0n) is 13.9. The maximum atomic E-state index is 5.51. The maximum Gasteiger partial charge on any atom is 0.127 e. The van der Waals surface area contributed by atoms with Gasteiger partial charge in [0.2, 0.25) is 0 Å². The molecule has 0 heterocycles. The molecular formula is C17H28O3. The van der Waals surface area contributed by atoms with Crippen molar-refractivity contribution in [2.24, 2.45) is 0 Å². The molecule has 3 heteroatoms. The topological polar surface area (TPSA) is 27.7 Å². The Morgan fingerprint density at radius 2 is 1.60 bits per heavy atom. The van der Waals surface area contributed by atoms with Gasteiger partial charge in [0, 0.05) is 25.2 Å². The molecule has 0 amide bonds. The number of hydrogen-bond acceptors (Lipinski definition) is 3. The fourth-order valence-corrected chi connectivity index (χ4v) is 1.64. The average Bonchev–Trinajstić information content (AvgIpc) is 2.44. The summed E-state index contributed by atoms with van der Waals surface area (Å²) in [5, 5.41) is 0. The van der Waals surface area contributed by atoms with Crippen LogP contribution < -0.4 is 0 Å². The van der Waals surface area contributed by atoms with E-state index in [1.54, 1.807) is 21.3 Å². The summed E-state index contributed by atoms with van der Waals surface area (Å²) in [6, 6.07) is 0. The van der Waals surface area contributed by atoms with Gasteiger partial charge in [-0.15, -0.1) is 0 Å². The summed E-state index contributed by atoms with van der Waals surface area (Å²) in [5.41, 5.74) is 3.39. The first-order valence-corrected chi connectivity index (χ1v) is 6.82. The van der Waals surface area contributed by atoms with E-state index in [0.717, 1.165) is 29.1 Å². The molecule has 0 spiro atoms. The van der Waals surface area contributed by atoms with Crippen LogP contribution in [0.2, 0.25) is 0 Å². The lowest BCUT2D eigenvalue weighted by Gasteiger charge is -2.13. The van der Waals surface area contributed by atoms with Crippen LogP contribution in [0.3, 0.4) is 0 Å². The van der Waals surface area contributed by atoms with Gasteiger partial charge < -0.3 is 14.2 Å². The molecule has 0 radical (unpaired) electrons. The molecule has 0 aliphatic rings. The second-order valence-corrected chi connectivity index (χ2v) is 4.74. The van der Waals surface area contributed by atoms with Gasteiger partial charge in [0.25, 0.3) is 0 Å². The van der Waals surface area contributed by atoms with Crippen molar-refractivity contribution in [2.45, 2.75) is 34.1 Å². The SMILES string of the molecule is CC\C(=C/C(OC)=C(COC)/C(C)=C/C=C(C)C)OC. The summed E-state index contributed by atoms with van der Waals surface area (Å²) in [6.07, 6.45) is 6.91. The van der Waals surface area contributed by atoms with Gasteiger partial charge in [0.05, 0.1) is 26.6 Å². The first kappa shape index (κ1) is 18.5. The van der Waals surface area contributed by atoms with Gasteiger partial charge in [0.1, 0.15) is 5.76 Å². The maximum absolute atomic E-state index is 5.51. The van der Waals surface area contributed by atoms with E-state index in [9.17, 15) is 0 Å². The van der Waals surface area contributed by atoms with E-state index in [4.69, 9.17) is 14.2 Å². The lowest BCUT2D eigenvalue weighted by molar-refractivity contribution is 0.216. The molecule has 0 aromatic rings. The van der Waals surface area contributed by atoms with Gasteiger partial charge in [-0.1, -0.05) is 24.6 Å². The fraction of sp³-hybridized carbons (Fsp3) is 0.529. The highest BCUT2D eigenvalue weighted by molar-refractivity contribution is 5.39. The Balaban J connectivity index is 5.68. The standard InChI is InChI=1S/C17H28O3/c1-8-15(19-6)11-17(20-7)16(12-18-5)14(4)10-9-13(2)3/h9-11H,8,12H2,1-7H3/b14-10+,15-11+,17-16-.